The molecule has 11 rings (SSSR count). The summed E-state index contributed by atoms with van der Waals surface area (Å²) in [5.74, 6) is 0. The maximum Gasteiger partial charge on any atom is 0.0468 e. The fraction of sp³-hybridized carbons (Fsp3) is 0. The summed E-state index contributed by atoms with van der Waals surface area (Å²) in [6.45, 7) is 0. The van der Waals surface area contributed by atoms with Crippen LogP contribution in [-0.2, 0) is 0 Å². The summed E-state index contributed by atoms with van der Waals surface area (Å²) < 4.78 is 5.29. The Balaban J connectivity index is 1.03. The monoisotopic (exact) mass is 709 g/mol. The summed E-state index contributed by atoms with van der Waals surface area (Å²) in [4.78, 5) is 2.40. The van der Waals surface area contributed by atoms with Crippen LogP contribution in [0.2, 0.25) is 0 Å². The molecule has 9 aromatic carbocycles. The molecule has 0 radical (unpaired) electrons. The van der Waals surface area contributed by atoms with Crippen LogP contribution in [0, 0.1) is 0 Å². The van der Waals surface area contributed by atoms with E-state index < -0.39 is 0 Å². The number of hydrogen-bond donors (Lipinski definition) is 0. The fourth-order valence-corrected chi connectivity index (χ4v) is 10.4. The van der Waals surface area contributed by atoms with E-state index in [0.29, 0.717) is 0 Å². The van der Waals surface area contributed by atoms with Crippen LogP contribution in [0.15, 0.2) is 188 Å². The Morgan fingerprint density at radius 2 is 0.849 bits per heavy atom. The van der Waals surface area contributed by atoms with Crippen LogP contribution in [0.3, 0.4) is 0 Å². The number of hydrogen-bond acceptors (Lipinski definition) is 3. The van der Waals surface area contributed by atoms with Crippen molar-refractivity contribution in [3.05, 3.63) is 188 Å². The maximum absolute atomic E-state index is 2.40. The van der Waals surface area contributed by atoms with Gasteiger partial charge in [-0.2, -0.15) is 0 Å². The van der Waals surface area contributed by atoms with Crippen molar-refractivity contribution >= 4 is 102 Å². The smallest absolute Gasteiger partial charge is 0.0468 e. The van der Waals surface area contributed by atoms with E-state index in [4.69, 9.17) is 0 Å². The molecule has 0 saturated carbocycles. The van der Waals surface area contributed by atoms with Crippen LogP contribution in [-0.4, -0.2) is 0 Å². The maximum atomic E-state index is 2.40. The van der Waals surface area contributed by atoms with Gasteiger partial charge in [0.2, 0.25) is 0 Å². The summed E-state index contributed by atoms with van der Waals surface area (Å²) >= 11 is 3.75. The number of benzene rings is 9. The molecule has 0 aliphatic heterocycles. The molecule has 0 fully saturated rings. The molecule has 2 aromatic heterocycles. The van der Waals surface area contributed by atoms with Crippen LogP contribution in [0.25, 0.3) is 84.1 Å². The quantitative estimate of drug-likeness (QED) is 0.172. The van der Waals surface area contributed by atoms with Crippen LogP contribution in [0.5, 0.6) is 0 Å². The minimum Gasteiger partial charge on any atom is -0.310 e. The van der Waals surface area contributed by atoms with Crippen LogP contribution >= 0.6 is 22.7 Å². The third-order valence-electron chi connectivity index (χ3n) is 10.6. The van der Waals surface area contributed by atoms with E-state index in [9.17, 15) is 0 Å². The highest BCUT2D eigenvalue weighted by Crippen LogP contribution is 2.44. The Bertz CT molecular complexity index is 3160. The lowest BCUT2D eigenvalue weighted by Crippen LogP contribution is -2.09. The fourth-order valence-electron chi connectivity index (χ4n) is 8.07. The second kappa shape index (κ2) is 12.2. The van der Waals surface area contributed by atoms with Gasteiger partial charge in [0.1, 0.15) is 0 Å². The van der Waals surface area contributed by atoms with E-state index in [2.05, 4.69) is 193 Å². The van der Waals surface area contributed by atoms with Crippen molar-refractivity contribution in [2.24, 2.45) is 0 Å². The van der Waals surface area contributed by atoms with E-state index in [1.165, 1.54) is 84.1 Å². The lowest BCUT2D eigenvalue weighted by atomic mass is 9.98. The minimum atomic E-state index is 1.12. The Kier molecular flexibility index (Phi) is 6.97. The van der Waals surface area contributed by atoms with Gasteiger partial charge in [-0.3, -0.25) is 0 Å². The largest absolute Gasteiger partial charge is 0.310 e. The first-order chi connectivity index (χ1) is 26.2. The summed E-state index contributed by atoms with van der Waals surface area (Å²) in [5, 5.41) is 10.4. The molecule has 11 aromatic rings. The molecule has 0 atom stereocenters. The SMILES string of the molecule is c1ccc2cc3c(cc2c1)sc1c(-c2ccc(N(c4ccc(-c5cccc6ccccc56)cc4)c4ccc5sc6ccccc6c5c4)cc2)cccc13. The summed E-state index contributed by atoms with van der Waals surface area (Å²) in [6.07, 6.45) is 0. The molecule has 3 heteroatoms. The van der Waals surface area contributed by atoms with Gasteiger partial charge >= 0.3 is 0 Å². The predicted octanol–water partition coefficient (Wildman–Crippen LogP) is 15.5. The van der Waals surface area contributed by atoms with Crippen molar-refractivity contribution < 1.29 is 0 Å². The molecule has 0 spiro atoms. The summed E-state index contributed by atoms with van der Waals surface area (Å²) in [7, 11) is 0. The van der Waals surface area contributed by atoms with E-state index >= 15 is 0 Å². The Hall–Kier alpha value is -6.26. The van der Waals surface area contributed by atoms with Crippen molar-refractivity contribution in [2.45, 2.75) is 0 Å². The van der Waals surface area contributed by atoms with Gasteiger partial charge in [0.05, 0.1) is 0 Å². The van der Waals surface area contributed by atoms with Gasteiger partial charge in [0.25, 0.3) is 0 Å². The number of thiophene rings is 2. The molecule has 248 valence electrons. The van der Waals surface area contributed by atoms with Gasteiger partial charge < -0.3 is 4.90 Å². The number of fused-ring (bicyclic) bond motifs is 8. The van der Waals surface area contributed by atoms with Crippen LogP contribution in [0.1, 0.15) is 0 Å². The van der Waals surface area contributed by atoms with Crippen molar-refractivity contribution in [1.82, 2.24) is 0 Å². The highest BCUT2D eigenvalue weighted by molar-refractivity contribution is 7.26. The zero-order valence-electron chi connectivity index (χ0n) is 28.7. The van der Waals surface area contributed by atoms with E-state index in [1.807, 2.05) is 22.7 Å². The molecule has 0 aliphatic carbocycles. The molecule has 0 bridgehead atoms. The average Bonchev–Trinajstić information content (AvgIpc) is 3.78. The Labute approximate surface area is 315 Å². The Morgan fingerprint density at radius 1 is 0.302 bits per heavy atom. The molecule has 0 aliphatic rings. The standard InChI is InChI=1S/C50H31NS2/c1-2-11-36-30-49-45(29-35(36)10-1)44-17-8-16-42(50(44)53-49)34-21-25-38(26-22-34)51(39-27-28-48-46(31-39)43-14-5-6-18-47(43)52-48)37-23-19-33(20-24-37)41-15-7-12-32-9-3-4-13-40(32)41/h1-31H. The van der Waals surface area contributed by atoms with Gasteiger partial charge in [0.15, 0.2) is 0 Å². The van der Waals surface area contributed by atoms with Gasteiger partial charge in [-0.05, 0) is 104 Å². The van der Waals surface area contributed by atoms with Gasteiger partial charge in [-0.15, -0.1) is 22.7 Å². The molecular weight excluding hydrogens is 679 g/mol. The van der Waals surface area contributed by atoms with Crippen LogP contribution < -0.4 is 4.90 Å². The lowest BCUT2D eigenvalue weighted by molar-refractivity contribution is 1.29. The molecule has 53 heavy (non-hydrogen) atoms. The third kappa shape index (κ3) is 5.04. The normalized spacial score (nSPS) is 11.8. The van der Waals surface area contributed by atoms with Gasteiger partial charge in [-0.1, -0.05) is 127 Å². The Morgan fingerprint density at radius 3 is 1.64 bits per heavy atom. The van der Waals surface area contributed by atoms with Crippen LogP contribution in [0.4, 0.5) is 17.1 Å². The zero-order valence-corrected chi connectivity index (χ0v) is 30.3. The summed E-state index contributed by atoms with van der Waals surface area (Å²) in [6, 6.07) is 69.2. The molecular formula is C50H31NS2. The second-order valence-corrected chi connectivity index (χ2v) is 15.9. The van der Waals surface area contributed by atoms with Gasteiger partial charge in [-0.25, -0.2) is 0 Å². The molecule has 0 unspecified atom stereocenters. The first-order valence-electron chi connectivity index (χ1n) is 18.0. The minimum absolute atomic E-state index is 1.12. The third-order valence-corrected chi connectivity index (χ3v) is 13.0. The van der Waals surface area contributed by atoms with Crippen molar-refractivity contribution in [2.75, 3.05) is 4.90 Å². The molecule has 2 heterocycles. The van der Waals surface area contributed by atoms with E-state index in [0.717, 1.165) is 17.1 Å². The van der Waals surface area contributed by atoms with E-state index in [-0.39, 0.29) is 0 Å². The highest BCUT2D eigenvalue weighted by Gasteiger charge is 2.17. The van der Waals surface area contributed by atoms with Gasteiger partial charge in [0, 0.05) is 57.4 Å². The zero-order chi connectivity index (χ0) is 34.9. The highest BCUT2D eigenvalue weighted by atomic mass is 32.1. The number of rotatable bonds is 5. The predicted molar refractivity (Wildman–Crippen MR) is 233 cm³/mol. The first-order valence-corrected chi connectivity index (χ1v) is 19.6. The molecule has 0 amide bonds. The molecule has 1 nitrogen and oxygen atoms in total. The number of anilines is 3. The topological polar surface area (TPSA) is 3.24 Å². The van der Waals surface area contributed by atoms with Crippen molar-refractivity contribution in [3.63, 3.8) is 0 Å². The van der Waals surface area contributed by atoms with Crippen molar-refractivity contribution in [1.29, 1.82) is 0 Å². The lowest BCUT2D eigenvalue weighted by Gasteiger charge is -2.26. The van der Waals surface area contributed by atoms with E-state index in [1.54, 1.807) is 0 Å². The molecule has 0 saturated heterocycles. The molecule has 0 N–H and O–H groups in total. The average molecular weight is 710 g/mol. The first kappa shape index (κ1) is 30.4. The van der Waals surface area contributed by atoms with Crippen molar-refractivity contribution in [3.8, 4) is 22.3 Å². The second-order valence-electron chi connectivity index (χ2n) is 13.7. The number of nitrogens with zero attached hydrogens (tertiary/aromatic N) is 1. The summed E-state index contributed by atoms with van der Waals surface area (Å²) in [5.41, 5.74) is 8.35.